The fourth-order valence-electron chi connectivity index (χ4n) is 5.00. The van der Waals surface area contributed by atoms with E-state index in [2.05, 4.69) is 17.1 Å². The second kappa shape index (κ2) is 3.47. The molecule has 4 rings (SSSR count). The number of carbonyl (C=O) groups excluding carboxylic acids is 1. The van der Waals surface area contributed by atoms with Crippen molar-refractivity contribution in [1.29, 1.82) is 0 Å². The summed E-state index contributed by atoms with van der Waals surface area (Å²) in [6.45, 7) is 5.00. The molecule has 1 saturated heterocycles. The predicted molar refractivity (Wildman–Crippen MR) is 65.3 cm³/mol. The normalized spacial score (nSPS) is 51.5. The van der Waals surface area contributed by atoms with Crippen LogP contribution in [0.4, 0.5) is 0 Å². The first-order valence-corrected chi connectivity index (χ1v) is 7.28. The summed E-state index contributed by atoms with van der Waals surface area (Å²) < 4.78 is 0. The molecule has 1 N–H and O–H groups in total. The molecule has 4 aliphatic rings. The third-order valence-corrected chi connectivity index (χ3v) is 5.70. The number of carbonyl (C=O) groups is 1. The van der Waals surface area contributed by atoms with Gasteiger partial charge in [0.05, 0.1) is 0 Å². The molecule has 3 saturated carbocycles. The summed E-state index contributed by atoms with van der Waals surface area (Å²) in [4.78, 5) is 14.7. The SMILES string of the molecule is C[C@H]1CN(C(=O)C2C3C4CCC(C4)C23)CCN1. The molecule has 3 aliphatic carbocycles. The van der Waals surface area contributed by atoms with Crippen LogP contribution in [0.5, 0.6) is 0 Å². The fourth-order valence-corrected chi connectivity index (χ4v) is 5.00. The number of rotatable bonds is 1. The highest BCUT2D eigenvalue weighted by atomic mass is 16.2. The van der Waals surface area contributed by atoms with E-state index in [1.54, 1.807) is 0 Å². The summed E-state index contributed by atoms with van der Waals surface area (Å²) in [5, 5.41) is 3.41. The van der Waals surface area contributed by atoms with E-state index in [1.165, 1.54) is 19.3 Å². The molecule has 0 aromatic rings. The number of hydrogen-bond donors (Lipinski definition) is 1. The largest absolute Gasteiger partial charge is 0.340 e. The molecule has 94 valence electrons. The van der Waals surface area contributed by atoms with Crippen LogP contribution in [0.3, 0.4) is 0 Å². The van der Waals surface area contributed by atoms with Gasteiger partial charge in [0, 0.05) is 31.6 Å². The van der Waals surface area contributed by atoms with Gasteiger partial charge in [-0.3, -0.25) is 4.79 Å². The van der Waals surface area contributed by atoms with Crippen molar-refractivity contribution >= 4 is 5.91 Å². The molecular weight excluding hydrogens is 212 g/mol. The molecule has 0 aromatic carbocycles. The van der Waals surface area contributed by atoms with Crippen LogP contribution in [0.25, 0.3) is 0 Å². The van der Waals surface area contributed by atoms with Crippen molar-refractivity contribution in [3.63, 3.8) is 0 Å². The Morgan fingerprint density at radius 2 is 1.94 bits per heavy atom. The number of piperazine rings is 1. The van der Waals surface area contributed by atoms with Crippen molar-refractivity contribution in [1.82, 2.24) is 10.2 Å². The van der Waals surface area contributed by atoms with Crippen molar-refractivity contribution in [3.8, 4) is 0 Å². The van der Waals surface area contributed by atoms with Crippen molar-refractivity contribution in [2.24, 2.45) is 29.6 Å². The first-order chi connectivity index (χ1) is 8.25. The van der Waals surface area contributed by atoms with Crippen LogP contribution in [-0.2, 0) is 4.79 Å². The highest BCUT2D eigenvalue weighted by Gasteiger charge is 2.67. The van der Waals surface area contributed by atoms with E-state index in [0.717, 1.165) is 43.3 Å². The number of fused-ring (bicyclic) bond motifs is 5. The molecule has 0 aromatic heterocycles. The van der Waals surface area contributed by atoms with Gasteiger partial charge in [-0.15, -0.1) is 0 Å². The van der Waals surface area contributed by atoms with Crippen LogP contribution < -0.4 is 5.32 Å². The average Bonchev–Trinajstić information content (AvgIpc) is 2.76. The van der Waals surface area contributed by atoms with E-state index < -0.39 is 0 Å². The lowest BCUT2D eigenvalue weighted by molar-refractivity contribution is -0.134. The molecule has 0 spiro atoms. The zero-order valence-electron chi connectivity index (χ0n) is 10.6. The molecule has 3 nitrogen and oxygen atoms in total. The maximum Gasteiger partial charge on any atom is 0.226 e. The Balaban J connectivity index is 1.45. The second-order valence-corrected chi connectivity index (χ2v) is 6.65. The van der Waals surface area contributed by atoms with Gasteiger partial charge in [0.15, 0.2) is 0 Å². The van der Waals surface area contributed by atoms with E-state index >= 15 is 0 Å². The van der Waals surface area contributed by atoms with Gasteiger partial charge in [0.2, 0.25) is 5.91 Å². The van der Waals surface area contributed by atoms with E-state index in [9.17, 15) is 4.79 Å². The fraction of sp³-hybridized carbons (Fsp3) is 0.929. The standard InChI is InChI=1S/C14H22N2O/c1-8-7-16(5-4-15-8)14(17)13-11-9-2-3-10(6-9)12(11)13/h8-13,15H,2-7H2,1H3/t8-,9?,10?,11?,12?,13?/m0/s1. The summed E-state index contributed by atoms with van der Waals surface area (Å²) >= 11 is 0. The monoisotopic (exact) mass is 234 g/mol. The molecule has 1 aliphatic heterocycles. The number of nitrogens with zero attached hydrogens (tertiary/aromatic N) is 1. The summed E-state index contributed by atoms with van der Waals surface area (Å²) in [6.07, 6.45) is 4.26. The van der Waals surface area contributed by atoms with E-state index in [-0.39, 0.29) is 0 Å². The van der Waals surface area contributed by atoms with Gasteiger partial charge in [-0.1, -0.05) is 0 Å². The lowest BCUT2D eigenvalue weighted by Crippen LogP contribution is -2.52. The van der Waals surface area contributed by atoms with Crippen LogP contribution in [-0.4, -0.2) is 36.5 Å². The first-order valence-electron chi connectivity index (χ1n) is 7.28. The lowest BCUT2D eigenvalue weighted by Gasteiger charge is -2.32. The Morgan fingerprint density at radius 3 is 2.59 bits per heavy atom. The van der Waals surface area contributed by atoms with Gasteiger partial charge >= 0.3 is 0 Å². The molecule has 2 bridgehead atoms. The molecule has 1 amide bonds. The summed E-state index contributed by atoms with van der Waals surface area (Å²) in [6, 6.07) is 0.475. The predicted octanol–water partition coefficient (Wildman–Crippen LogP) is 1.10. The Kier molecular flexibility index (Phi) is 2.11. The Bertz CT molecular complexity index is 340. The zero-order valence-corrected chi connectivity index (χ0v) is 10.6. The van der Waals surface area contributed by atoms with Crippen LogP contribution in [0.2, 0.25) is 0 Å². The summed E-state index contributed by atoms with van der Waals surface area (Å²) in [5.41, 5.74) is 0. The van der Waals surface area contributed by atoms with Crippen molar-refractivity contribution in [2.45, 2.75) is 32.2 Å². The molecule has 0 radical (unpaired) electrons. The van der Waals surface area contributed by atoms with Gasteiger partial charge in [0.1, 0.15) is 0 Å². The van der Waals surface area contributed by atoms with Gasteiger partial charge in [-0.05, 0) is 49.9 Å². The smallest absolute Gasteiger partial charge is 0.226 e. The van der Waals surface area contributed by atoms with Gasteiger partial charge in [0.25, 0.3) is 0 Å². The van der Waals surface area contributed by atoms with Crippen LogP contribution in [0, 0.1) is 29.6 Å². The molecule has 4 fully saturated rings. The van der Waals surface area contributed by atoms with Crippen LogP contribution in [0.1, 0.15) is 26.2 Å². The molecule has 3 heteroatoms. The van der Waals surface area contributed by atoms with E-state index in [4.69, 9.17) is 0 Å². The van der Waals surface area contributed by atoms with E-state index in [0.29, 0.717) is 17.9 Å². The lowest BCUT2D eigenvalue weighted by atomic mass is 10.0. The minimum absolute atomic E-state index is 0.437. The Hall–Kier alpha value is -0.570. The number of amides is 1. The minimum atomic E-state index is 0.437. The highest BCUT2D eigenvalue weighted by molar-refractivity contribution is 5.83. The average molecular weight is 234 g/mol. The summed E-state index contributed by atoms with van der Waals surface area (Å²) in [7, 11) is 0. The van der Waals surface area contributed by atoms with E-state index in [1.807, 2.05) is 0 Å². The van der Waals surface area contributed by atoms with Gasteiger partial charge in [-0.2, -0.15) is 0 Å². The molecular formula is C14H22N2O. The maximum atomic E-state index is 12.5. The molecule has 17 heavy (non-hydrogen) atoms. The van der Waals surface area contributed by atoms with Crippen molar-refractivity contribution in [2.75, 3.05) is 19.6 Å². The second-order valence-electron chi connectivity index (χ2n) is 6.65. The summed E-state index contributed by atoms with van der Waals surface area (Å²) in [5.74, 6) is 4.35. The topological polar surface area (TPSA) is 32.3 Å². The first kappa shape index (κ1) is 10.4. The van der Waals surface area contributed by atoms with Crippen LogP contribution >= 0.6 is 0 Å². The third kappa shape index (κ3) is 1.41. The molecule has 1 heterocycles. The van der Waals surface area contributed by atoms with Gasteiger partial charge in [-0.25, -0.2) is 0 Å². The third-order valence-electron chi connectivity index (χ3n) is 5.70. The van der Waals surface area contributed by atoms with Crippen LogP contribution in [0.15, 0.2) is 0 Å². The minimum Gasteiger partial charge on any atom is -0.340 e. The zero-order chi connectivity index (χ0) is 11.6. The highest BCUT2D eigenvalue weighted by Crippen LogP contribution is 2.69. The number of nitrogens with one attached hydrogen (secondary N) is 1. The molecule has 4 unspecified atom stereocenters. The Labute approximate surface area is 103 Å². The Morgan fingerprint density at radius 1 is 1.24 bits per heavy atom. The number of hydrogen-bond acceptors (Lipinski definition) is 2. The van der Waals surface area contributed by atoms with Crippen molar-refractivity contribution in [3.05, 3.63) is 0 Å². The maximum absolute atomic E-state index is 12.5. The van der Waals surface area contributed by atoms with Gasteiger partial charge < -0.3 is 10.2 Å². The quantitative estimate of drug-likeness (QED) is 0.737. The van der Waals surface area contributed by atoms with Crippen molar-refractivity contribution < 1.29 is 4.79 Å². The molecule has 5 atom stereocenters.